The number of nitrogens with one attached hydrogen (secondary N) is 1. The second-order valence-corrected chi connectivity index (χ2v) is 6.33. The third-order valence-electron chi connectivity index (χ3n) is 4.75. The van der Waals surface area contributed by atoms with E-state index in [0.29, 0.717) is 23.0 Å². The second-order valence-electron chi connectivity index (χ2n) is 6.33. The number of anilines is 1. The van der Waals surface area contributed by atoms with Crippen molar-refractivity contribution in [3.63, 3.8) is 0 Å². The van der Waals surface area contributed by atoms with Crippen molar-refractivity contribution in [2.24, 2.45) is 0 Å². The molecule has 4 rings (SSSR count). The van der Waals surface area contributed by atoms with Crippen molar-refractivity contribution in [3.8, 4) is 17.2 Å². The van der Waals surface area contributed by atoms with Crippen LogP contribution in [0.1, 0.15) is 23.6 Å². The van der Waals surface area contributed by atoms with Crippen LogP contribution in [0.5, 0.6) is 11.5 Å². The van der Waals surface area contributed by atoms with Crippen LogP contribution >= 0.6 is 0 Å². The summed E-state index contributed by atoms with van der Waals surface area (Å²) in [6.45, 7) is 0. The lowest BCUT2D eigenvalue weighted by molar-refractivity contribution is -0.116. The zero-order chi connectivity index (χ0) is 19.8. The van der Waals surface area contributed by atoms with E-state index in [9.17, 15) is 13.6 Å². The lowest BCUT2D eigenvalue weighted by atomic mass is 9.89. The third-order valence-corrected chi connectivity index (χ3v) is 4.75. The van der Waals surface area contributed by atoms with Gasteiger partial charge in [-0.15, -0.1) is 0 Å². The van der Waals surface area contributed by atoms with Gasteiger partial charge in [0.1, 0.15) is 23.8 Å². The third kappa shape index (κ3) is 2.87. The average molecular weight is 385 g/mol. The summed E-state index contributed by atoms with van der Waals surface area (Å²) in [5, 5.41) is 2.72. The zero-order valence-corrected chi connectivity index (χ0v) is 15.2. The lowest BCUT2D eigenvalue weighted by Gasteiger charge is -2.25. The fraction of sp³-hybridized carbons (Fsp3) is 0.200. The molecule has 1 N–H and O–H groups in total. The van der Waals surface area contributed by atoms with E-state index in [1.165, 1.54) is 25.1 Å². The minimum Gasteiger partial charge on any atom is -0.493 e. The van der Waals surface area contributed by atoms with Crippen molar-refractivity contribution in [1.29, 1.82) is 0 Å². The molecule has 6 nitrogen and oxygen atoms in total. The second kappa shape index (κ2) is 6.95. The van der Waals surface area contributed by atoms with E-state index in [4.69, 9.17) is 9.47 Å². The number of para-hydroxylation sites is 1. The number of carbonyl (C=O) groups is 1. The van der Waals surface area contributed by atoms with Gasteiger partial charge < -0.3 is 14.8 Å². The Balaban J connectivity index is 1.88. The number of amides is 1. The minimum absolute atomic E-state index is 0.0349. The van der Waals surface area contributed by atoms with E-state index in [-0.39, 0.29) is 18.0 Å². The minimum atomic E-state index is -0.628. The number of nitrogens with zero attached hydrogens (tertiary/aromatic N) is 2. The Hall–Kier alpha value is -3.42. The largest absolute Gasteiger partial charge is 0.493 e. The van der Waals surface area contributed by atoms with Gasteiger partial charge in [-0.1, -0.05) is 12.1 Å². The molecule has 2 heterocycles. The van der Waals surface area contributed by atoms with Gasteiger partial charge in [0.05, 0.1) is 25.6 Å². The normalized spacial score (nSPS) is 15.7. The first kappa shape index (κ1) is 18.0. The lowest BCUT2D eigenvalue weighted by Crippen LogP contribution is -2.25. The Morgan fingerprint density at radius 1 is 1.18 bits per heavy atom. The summed E-state index contributed by atoms with van der Waals surface area (Å²) in [6, 6.07) is 8.50. The first-order chi connectivity index (χ1) is 13.5. The number of benzene rings is 2. The molecule has 1 amide bonds. The summed E-state index contributed by atoms with van der Waals surface area (Å²) in [7, 11) is 3.05. The van der Waals surface area contributed by atoms with Crippen molar-refractivity contribution in [3.05, 3.63) is 65.6 Å². The predicted octanol–water partition coefficient (Wildman–Crippen LogP) is 3.64. The Kier molecular flexibility index (Phi) is 4.46. The molecule has 3 aromatic rings. The molecular formula is C20H17F2N3O3. The first-order valence-corrected chi connectivity index (χ1v) is 8.57. The van der Waals surface area contributed by atoms with Gasteiger partial charge in [-0.3, -0.25) is 9.36 Å². The molecule has 1 aromatic heterocycles. The number of hydrogen-bond donors (Lipinski definition) is 1. The Morgan fingerprint density at radius 3 is 2.75 bits per heavy atom. The molecule has 0 saturated carbocycles. The van der Waals surface area contributed by atoms with Crippen molar-refractivity contribution in [1.82, 2.24) is 9.55 Å². The van der Waals surface area contributed by atoms with Crippen LogP contribution in [-0.2, 0) is 4.79 Å². The van der Waals surface area contributed by atoms with E-state index in [1.807, 2.05) is 6.07 Å². The van der Waals surface area contributed by atoms with E-state index in [1.54, 1.807) is 12.1 Å². The molecule has 0 fully saturated rings. The van der Waals surface area contributed by atoms with Gasteiger partial charge in [-0.2, -0.15) is 0 Å². The summed E-state index contributed by atoms with van der Waals surface area (Å²) in [4.78, 5) is 16.8. The van der Waals surface area contributed by atoms with Crippen LogP contribution in [0.4, 0.5) is 14.6 Å². The molecular weight excluding hydrogens is 368 g/mol. The van der Waals surface area contributed by atoms with Crippen molar-refractivity contribution in [2.75, 3.05) is 19.5 Å². The number of ether oxygens (including phenoxy) is 2. The van der Waals surface area contributed by atoms with Gasteiger partial charge in [0.25, 0.3) is 0 Å². The standard InChI is InChI=1S/C20H17F2N3O3/c1-27-16-5-3-4-12(19(16)28-2)13-9-17(26)24-20-18(13)23-10-25(20)15-8-11(21)6-7-14(15)22/h3-8,10,13H,9H2,1-2H3,(H,24,26)/t13-/m1/s1. The number of halogens is 2. The highest BCUT2D eigenvalue weighted by molar-refractivity contribution is 5.94. The topological polar surface area (TPSA) is 65.4 Å². The molecule has 0 bridgehead atoms. The van der Waals surface area contributed by atoms with Gasteiger partial charge in [-0.05, 0) is 18.2 Å². The highest BCUT2D eigenvalue weighted by Gasteiger charge is 2.33. The maximum Gasteiger partial charge on any atom is 0.226 e. The summed E-state index contributed by atoms with van der Waals surface area (Å²) in [5.41, 5.74) is 1.23. The van der Waals surface area contributed by atoms with Crippen LogP contribution in [0.15, 0.2) is 42.7 Å². The average Bonchev–Trinajstić information content (AvgIpc) is 3.11. The number of fused-ring (bicyclic) bond motifs is 1. The molecule has 0 spiro atoms. The van der Waals surface area contributed by atoms with Crippen molar-refractivity contribution < 1.29 is 23.0 Å². The van der Waals surface area contributed by atoms with Gasteiger partial charge in [0, 0.05) is 24.0 Å². The maximum atomic E-state index is 14.3. The Bertz CT molecular complexity index is 1060. The van der Waals surface area contributed by atoms with Crippen LogP contribution in [0, 0.1) is 11.6 Å². The molecule has 1 aliphatic rings. The number of methoxy groups -OCH3 is 2. The van der Waals surface area contributed by atoms with Crippen LogP contribution < -0.4 is 14.8 Å². The number of aromatic nitrogens is 2. The van der Waals surface area contributed by atoms with Crippen molar-refractivity contribution >= 4 is 11.7 Å². The molecule has 0 radical (unpaired) electrons. The predicted molar refractivity (Wildman–Crippen MR) is 98.1 cm³/mol. The van der Waals surface area contributed by atoms with Gasteiger partial charge in [-0.25, -0.2) is 13.8 Å². The smallest absolute Gasteiger partial charge is 0.226 e. The van der Waals surface area contributed by atoms with Crippen LogP contribution in [0.2, 0.25) is 0 Å². The molecule has 28 heavy (non-hydrogen) atoms. The monoisotopic (exact) mass is 385 g/mol. The molecule has 8 heteroatoms. The number of imidazole rings is 1. The molecule has 0 saturated heterocycles. The summed E-state index contributed by atoms with van der Waals surface area (Å²) >= 11 is 0. The zero-order valence-electron chi connectivity index (χ0n) is 15.2. The van der Waals surface area contributed by atoms with Crippen LogP contribution in [0.25, 0.3) is 5.69 Å². The molecule has 0 unspecified atom stereocenters. The van der Waals surface area contributed by atoms with E-state index < -0.39 is 17.6 Å². The van der Waals surface area contributed by atoms with Crippen molar-refractivity contribution in [2.45, 2.75) is 12.3 Å². The highest BCUT2D eigenvalue weighted by Crippen LogP contribution is 2.43. The SMILES string of the molecule is COc1cccc([C@H]2CC(=O)Nc3c2ncn3-c2cc(F)ccc2F)c1OC. The maximum absolute atomic E-state index is 14.3. The highest BCUT2D eigenvalue weighted by atomic mass is 19.1. The summed E-state index contributed by atoms with van der Waals surface area (Å²) in [6.07, 6.45) is 1.51. The molecule has 2 aromatic carbocycles. The molecule has 1 atom stereocenters. The number of carbonyl (C=O) groups excluding carboxylic acids is 1. The van der Waals surface area contributed by atoms with Crippen LogP contribution in [-0.4, -0.2) is 29.7 Å². The van der Waals surface area contributed by atoms with Gasteiger partial charge in [0.15, 0.2) is 11.5 Å². The van der Waals surface area contributed by atoms with Gasteiger partial charge in [0.2, 0.25) is 5.91 Å². The molecule has 1 aliphatic heterocycles. The van der Waals surface area contributed by atoms with E-state index >= 15 is 0 Å². The Labute approximate surface area is 159 Å². The summed E-state index contributed by atoms with van der Waals surface area (Å²) < 4.78 is 40.1. The van der Waals surface area contributed by atoms with Crippen LogP contribution in [0.3, 0.4) is 0 Å². The first-order valence-electron chi connectivity index (χ1n) is 8.57. The number of rotatable bonds is 4. The quantitative estimate of drug-likeness (QED) is 0.745. The van der Waals surface area contributed by atoms with E-state index in [2.05, 4.69) is 10.3 Å². The van der Waals surface area contributed by atoms with Gasteiger partial charge >= 0.3 is 0 Å². The summed E-state index contributed by atoms with van der Waals surface area (Å²) in [5.74, 6) is -0.572. The fourth-order valence-electron chi connectivity index (χ4n) is 3.50. The van der Waals surface area contributed by atoms with E-state index in [0.717, 1.165) is 23.8 Å². The molecule has 0 aliphatic carbocycles. The molecule has 144 valence electrons. The number of hydrogen-bond acceptors (Lipinski definition) is 4. The fourth-order valence-corrected chi connectivity index (χ4v) is 3.50. The Morgan fingerprint density at radius 2 is 2.00 bits per heavy atom.